The molecule has 1 N–H and O–H groups in total. The second kappa shape index (κ2) is 5.83. The van der Waals surface area contributed by atoms with E-state index in [0.717, 1.165) is 22.8 Å². The number of nitrogens with one attached hydrogen (secondary N) is 1. The zero-order valence-corrected chi connectivity index (χ0v) is 11.9. The van der Waals surface area contributed by atoms with Crippen LogP contribution < -0.4 is 5.32 Å². The maximum absolute atomic E-state index is 11.9. The van der Waals surface area contributed by atoms with Crippen LogP contribution >= 0.6 is 0 Å². The van der Waals surface area contributed by atoms with Crippen LogP contribution in [0.3, 0.4) is 0 Å². The van der Waals surface area contributed by atoms with E-state index in [1.54, 1.807) is 6.26 Å². The van der Waals surface area contributed by atoms with Gasteiger partial charge in [0.1, 0.15) is 11.4 Å². The SMILES string of the molecule is Cc1nc2ccccn2c1CCC(=O)NCc1ccco1. The molecular weight excluding hydrogens is 266 g/mol. The number of aryl methyl sites for hydroxylation is 2. The van der Waals surface area contributed by atoms with Gasteiger partial charge in [0.2, 0.25) is 5.91 Å². The average Bonchev–Trinajstić information content (AvgIpc) is 3.10. The molecule has 0 aliphatic carbocycles. The van der Waals surface area contributed by atoms with Gasteiger partial charge in [0.25, 0.3) is 0 Å². The zero-order chi connectivity index (χ0) is 14.7. The first-order valence-electron chi connectivity index (χ1n) is 6.95. The number of furan rings is 1. The lowest BCUT2D eigenvalue weighted by atomic mass is 10.2. The number of nitrogens with zero attached hydrogens (tertiary/aromatic N) is 2. The number of fused-ring (bicyclic) bond motifs is 1. The maximum atomic E-state index is 11.9. The number of amides is 1. The van der Waals surface area contributed by atoms with Crippen molar-refractivity contribution in [3.05, 3.63) is 59.9 Å². The Balaban J connectivity index is 1.61. The lowest BCUT2D eigenvalue weighted by Crippen LogP contribution is -2.23. The molecule has 3 rings (SSSR count). The van der Waals surface area contributed by atoms with E-state index in [1.807, 2.05) is 47.9 Å². The molecule has 0 saturated heterocycles. The van der Waals surface area contributed by atoms with Crippen LogP contribution in [0.5, 0.6) is 0 Å². The van der Waals surface area contributed by atoms with Crippen LogP contribution in [-0.4, -0.2) is 15.3 Å². The highest BCUT2D eigenvalue weighted by Gasteiger charge is 2.10. The summed E-state index contributed by atoms with van der Waals surface area (Å²) >= 11 is 0. The Hall–Kier alpha value is -2.56. The fourth-order valence-electron chi connectivity index (χ4n) is 2.38. The van der Waals surface area contributed by atoms with Crippen molar-refractivity contribution in [3.8, 4) is 0 Å². The number of hydrogen-bond donors (Lipinski definition) is 1. The van der Waals surface area contributed by atoms with Crippen LogP contribution in [-0.2, 0) is 17.8 Å². The normalized spacial score (nSPS) is 10.9. The molecule has 0 atom stereocenters. The van der Waals surface area contributed by atoms with Crippen LogP contribution in [0.2, 0.25) is 0 Å². The summed E-state index contributed by atoms with van der Waals surface area (Å²) in [5, 5.41) is 2.85. The Bertz CT molecular complexity index is 744. The van der Waals surface area contributed by atoms with Gasteiger partial charge >= 0.3 is 0 Å². The Kier molecular flexibility index (Phi) is 3.73. The number of pyridine rings is 1. The molecule has 3 heterocycles. The van der Waals surface area contributed by atoms with Crippen molar-refractivity contribution in [1.29, 1.82) is 0 Å². The first kappa shape index (κ1) is 13.4. The number of carbonyl (C=O) groups excluding carboxylic acids is 1. The van der Waals surface area contributed by atoms with Gasteiger partial charge in [-0.25, -0.2) is 4.98 Å². The summed E-state index contributed by atoms with van der Waals surface area (Å²) in [4.78, 5) is 16.4. The summed E-state index contributed by atoms with van der Waals surface area (Å²) in [5.74, 6) is 0.769. The third kappa shape index (κ3) is 2.97. The largest absolute Gasteiger partial charge is 0.467 e. The number of carbonyl (C=O) groups is 1. The Labute approximate surface area is 122 Å². The molecule has 0 fully saturated rings. The van der Waals surface area contributed by atoms with Gasteiger partial charge in [0, 0.05) is 18.3 Å². The summed E-state index contributed by atoms with van der Waals surface area (Å²) in [7, 11) is 0. The maximum Gasteiger partial charge on any atom is 0.220 e. The van der Waals surface area contributed by atoms with Gasteiger partial charge in [0.15, 0.2) is 0 Å². The van der Waals surface area contributed by atoms with Crippen molar-refractivity contribution in [1.82, 2.24) is 14.7 Å². The van der Waals surface area contributed by atoms with E-state index in [0.29, 0.717) is 19.4 Å². The third-order valence-corrected chi connectivity index (χ3v) is 3.46. The van der Waals surface area contributed by atoms with Crippen molar-refractivity contribution in [2.45, 2.75) is 26.3 Å². The predicted octanol–water partition coefficient (Wildman–Crippen LogP) is 2.48. The van der Waals surface area contributed by atoms with Crippen molar-refractivity contribution in [2.24, 2.45) is 0 Å². The summed E-state index contributed by atoms with van der Waals surface area (Å²) in [6.45, 7) is 2.40. The third-order valence-electron chi connectivity index (χ3n) is 3.46. The van der Waals surface area contributed by atoms with Crippen molar-refractivity contribution in [2.75, 3.05) is 0 Å². The molecule has 0 spiro atoms. The molecule has 1 amide bonds. The molecule has 5 nitrogen and oxygen atoms in total. The summed E-state index contributed by atoms with van der Waals surface area (Å²) in [5.41, 5.74) is 2.97. The molecular formula is C16H17N3O2. The highest BCUT2D eigenvalue weighted by Crippen LogP contribution is 2.13. The molecule has 21 heavy (non-hydrogen) atoms. The Morgan fingerprint density at radius 1 is 1.33 bits per heavy atom. The van der Waals surface area contributed by atoms with Crippen LogP contribution in [0.1, 0.15) is 23.6 Å². The molecule has 0 radical (unpaired) electrons. The van der Waals surface area contributed by atoms with E-state index >= 15 is 0 Å². The van der Waals surface area contributed by atoms with Crippen molar-refractivity contribution in [3.63, 3.8) is 0 Å². The average molecular weight is 283 g/mol. The lowest BCUT2D eigenvalue weighted by Gasteiger charge is -2.04. The predicted molar refractivity (Wildman–Crippen MR) is 78.8 cm³/mol. The highest BCUT2D eigenvalue weighted by molar-refractivity contribution is 5.76. The molecule has 0 aliphatic rings. The second-order valence-corrected chi connectivity index (χ2v) is 4.93. The molecule has 0 aromatic carbocycles. The van der Waals surface area contributed by atoms with Crippen molar-refractivity contribution >= 4 is 11.6 Å². The van der Waals surface area contributed by atoms with Gasteiger partial charge in [-0.1, -0.05) is 6.07 Å². The van der Waals surface area contributed by atoms with E-state index in [9.17, 15) is 4.79 Å². The van der Waals surface area contributed by atoms with Crippen LogP contribution in [0, 0.1) is 6.92 Å². The minimum Gasteiger partial charge on any atom is -0.467 e. The first-order chi connectivity index (χ1) is 10.2. The van der Waals surface area contributed by atoms with Crippen LogP contribution in [0.4, 0.5) is 0 Å². The second-order valence-electron chi connectivity index (χ2n) is 4.93. The first-order valence-corrected chi connectivity index (χ1v) is 6.95. The van der Waals surface area contributed by atoms with E-state index in [-0.39, 0.29) is 5.91 Å². The lowest BCUT2D eigenvalue weighted by molar-refractivity contribution is -0.121. The van der Waals surface area contributed by atoms with Gasteiger partial charge in [0.05, 0.1) is 18.5 Å². The quantitative estimate of drug-likeness (QED) is 0.782. The zero-order valence-electron chi connectivity index (χ0n) is 11.9. The highest BCUT2D eigenvalue weighted by atomic mass is 16.3. The Morgan fingerprint density at radius 3 is 3.05 bits per heavy atom. The molecule has 3 aromatic rings. The van der Waals surface area contributed by atoms with E-state index in [2.05, 4.69) is 10.3 Å². The molecule has 0 unspecified atom stereocenters. The molecule has 0 bridgehead atoms. The number of rotatable bonds is 5. The molecule has 3 aromatic heterocycles. The summed E-state index contributed by atoms with van der Waals surface area (Å²) in [6, 6.07) is 9.54. The summed E-state index contributed by atoms with van der Waals surface area (Å²) < 4.78 is 7.22. The minimum atomic E-state index is 0.0108. The molecule has 5 heteroatoms. The van der Waals surface area contributed by atoms with Gasteiger partial charge in [-0.05, 0) is 37.6 Å². The topological polar surface area (TPSA) is 59.5 Å². The smallest absolute Gasteiger partial charge is 0.220 e. The number of aromatic nitrogens is 2. The molecule has 108 valence electrons. The van der Waals surface area contributed by atoms with Crippen LogP contribution in [0.15, 0.2) is 47.2 Å². The molecule has 0 saturated carbocycles. The van der Waals surface area contributed by atoms with Gasteiger partial charge in [-0.15, -0.1) is 0 Å². The van der Waals surface area contributed by atoms with Gasteiger partial charge in [-0.3, -0.25) is 4.79 Å². The monoisotopic (exact) mass is 283 g/mol. The summed E-state index contributed by atoms with van der Waals surface area (Å²) in [6.07, 6.45) is 4.68. The number of hydrogen-bond acceptors (Lipinski definition) is 3. The van der Waals surface area contributed by atoms with Gasteiger partial charge < -0.3 is 14.1 Å². The van der Waals surface area contributed by atoms with E-state index in [4.69, 9.17) is 4.42 Å². The van der Waals surface area contributed by atoms with Crippen molar-refractivity contribution < 1.29 is 9.21 Å². The van der Waals surface area contributed by atoms with Gasteiger partial charge in [-0.2, -0.15) is 0 Å². The van der Waals surface area contributed by atoms with E-state index < -0.39 is 0 Å². The molecule has 0 aliphatic heterocycles. The minimum absolute atomic E-state index is 0.0108. The standard InChI is InChI=1S/C16H17N3O2/c1-12-14(19-9-3-2-6-15(19)18-12)7-8-16(20)17-11-13-5-4-10-21-13/h2-6,9-10H,7-8,11H2,1H3,(H,17,20). The Morgan fingerprint density at radius 2 is 2.24 bits per heavy atom. The number of imidazole rings is 1. The van der Waals surface area contributed by atoms with Crippen LogP contribution in [0.25, 0.3) is 5.65 Å². The fraction of sp³-hybridized carbons (Fsp3) is 0.250. The fourth-order valence-corrected chi connectivity index (χ4v) is 2.38. The van der Waals surface area contributed by atoms with E-state index in [1.165, 1.54) is 0 Å².